The summed E-state index contributed by atoms with van der Waals surface area (Å²) in [4.78, 5) is 12.9. The molecule has 4 rings (SSSR count). The van der Waals surface area contributed by atoms with Crippen LogP contribution >= 0.6 is 11.8 Å². The lowest BCUT2D eigenvalue weighted by Gasteiger charge is -2.26. The number of aromatic nitrogens is 2. The predicted octanol–water partition coefficient (Wildman–Crippen LogP) is 4.38. The minimum atomic E-state index is 0.0658. The third-order valence-corrected chi connectivity index (χ3v) is 5.42. The van der Waals surface area contributed by atoms with Gasteiger partial charge in [-0.2, -0.15) is 0 Å². The molecule has 0 amide bonds. The fourth-order valence-electron chi connectivity index (χ4n) is 3.09. The summed E-state index contributed by atoms with van der Waals surface area (Å²) >= 11 is 1.65. The molecule has 5 heteroatoms. The molecule has 0 saturated carbocycles. The van der Waals surface area contributed by atoms with Gasteiger partial charge in [0.25, 0.3) is 0 Å². The van der Waals surface area contributed by atoms with E-state index in [2.05, 4.69) is 63.5 Å². The van der Waals surface area contributed by atoms with Gasteiger partial charge < -0.3 is 5.73 Å². The summed E-state index contributed by atoms with van der Waals surface area (Å²) in [5.41, 5.74) is 10.7. The number of hydrogen-bond acceptors (Lipinski definition) is 5. The van der Waals surface area contributed by atoms with Crippen LogP contribution in [0.2, 0.25) is 0 Å². The first kappa shape index (κ1) is 15.8. The number of amidine groups is 1. The molecule has 0 radical (unpaired) electrons. The topological polar surface area (TPSA) is 64.2 Å². The zero-order valence-corrected chi connectivity index (χ0v) is 14.4. The van der Waals surface area contributed by atoms with Gasteiger partial charge in [-0.1, -0.05) is 60.3 Å². The summed E-state index contributed by atoms with van der Waals surface area (Å²) in [5, 5.41) is 0.978. The SMILES string of the molecule is NC1=N[C@H](c2cccc(-c3cncnc3)c2)C[C@@H](c2ccccc2)S1. The average molecular weight is 346 g/mol. The van der Waals surface area contributed by atoms with Gasteiger partial charge >= 0.3 is 0 Å². The van der Waals surface area contributed by atoms with E-state index in [0.29, 0.717) is 10.4 Å². The van der Waals surface area contributed by atoms with E-state index >= 15 is 0 Å². The van der Waals surface area contributed by atoms with E-state index in [-0.39, 0.29) is 6.04 Å². The summed E-state index contributed by atoms with van der Waals surface area (Å²) in [6.45, 7) is 0. The normalized spacial score (nSPS) is 20.1. The van der Waals surface area contributed by atoms with Crippen LogP contribution in [0.25, 0.3) is 11.1 Å². The Bertz CT molecular complexity index is 880. The van der Waals surface area contributed by atoms with Gasteiger partial charge in [-0.25, -0.2) is 9.97 Å². The summed E-state index contributed by atoms with van der Waals surface area (Å²) in [7, 11) is 0. The fraction of sp³-hybridized carbons (Fsp3) is 0.150. The quantitative estimate of drug-likeness (QED) is 0.764. The molecule has 0 bridgehead atoms. The summed E-state index contributed by atoms with van der Waals surface area (Å²) in [6, 6.07) is 19.0. The number of thioether (sulfide) groups is 1. The standard InChI is InChI=1S/C20H18N4S/c21-20-24-18(10-19(25-20)14-5-2-1-3-6-14)16-8-4-7-15(9-16)17-11-22-13-23-12-17/h1-9,11-13,18-19H,10H2,(H2,21,24)/t18-,19-/m0/s1. The smallest absolute Gasteiger partial charge is 0.155 e. The lowest BCUT2D eigenvalue weighted by Crippen LogP contribution is -2.18. The zero-order chi connectivity index (χ0) is 17.1. The largest absolute Gasteiger partial charge is 0.379 e. The molecule has 2 N–H and O–H groups in total. The first-order chi connectivity index (χ1) is 12.3. The van der Waals surface area contributed by atoms with Crippen molar-refractivity contribution in [2.75, 3.05) is 0 Å². The second-order valence-corrected chi connectivity index (χ2v) is 7.21. The molecule has 2 aromatic carbocycles. The van der Waals surface area contributed by atoms with Crippen molar-refractivity contribution in [3.8, 4) is 11.1 Å². The Morgan fingerprint density at radius 2 is 1.64 bits per heavy atom. The molecule has 1 aliphatic rings. The highest BCUT2D eigenvalue weighted by atomic mass is 32.2. The van der Waals surface area contributed by atoms with E-state index in [0.717, 1.165) is 17.5 Å². The maximum absolute atomic E-state index is 6.13. The van der Waals surface area contributed by atoms with E-state index in [1.54, 1.807) is 18.1 Å². The second kappa shape index (κ2) is 7.07. The Hall–Kier alpha value is -2.66. The maximum Gasteiger partial charge on any atom is 0.155 e. The third-order valence-electron chi connectivity index (χ3n) is 4.32. The lowest BCUT2D eigenvalue weighted by molar-refractivity contribution is 0.639. The molecule has 0 aliphatic carbocycles. The van der Waals surface area contributed by atoms with Gasteiger partial charge in [-0.15, -0.1) is 0 Å². The van der Waals surface area contributed by atoms with Crippen LogP contribution in [0.1, 0.15) is 28.8 Å². The summed E-state index contributed by atoms with van der Waals surface area (Å²) < 4.78 is 0. The van der Waals surface area contributed by atoms with E-state index in [4.69, 9.17) is 5.73 Å². The molecule has 2 heterocycles. The zero-order valence-electron chi connectivity index (χ0n) is 13.6. The Morgan fingerprint density at radius 1 is 0.880 bits per heavy atom. The molecule has 3 aromatic rings. The van der Waals surface area contributed by atoms with Crippen LogP contribution in [0, 0.1) is 0 Å². The van der Waals surface area contributed by atoms with Crippen LogP contribution in [0.3, 0.4) is 0 Å². The molecule has 1 aliphatic heterocycles. The number of nitrogens with two attached hydrogens (primary N) is 1. The molecule has 124 valence electrons. The monoisotopic (exact) mass is 346 g/mol. The van der Waals surface area contributed by atoms with Crippen LogP contribution in [0.5, 0.6) is 0 Å². The van der Waals surface area contributed by atoms with Crippen molar-refractivity contribution in [3.63, 3.8) is 0 Å². The van der Waals surface area contributed by atoms with Gasteiger partial charge in [-0.05, 0) is 29.2 Å². The van der Waals surface area contributed by atoms with Crippen LogP contribution in [0.15, 0.2) is 78.3 Å². The molecule has 0 spiro atoms. The average Bonchev–Trinajstić information content (AvgIpc) is 2.69. The first-order valence-electron chi connectivity index (χ1n) is 8.20. The van der Waals surface area contributed by atoms with Crippen molar-refractivity contribution < 1.29 is 0 Å². The maximum atomic E-state index is 6.13. The lowest BCUT2D eigenvalue weighted by atomic mass is 9.96. The number of rotatable bonds is 3. The number of nitrogens with zero attached hydrogens (tertiary/aromatic N) is 3. The third kappa shape index (κ3) is 3.56. The van der Waals surface area contributed by atoms with Gasteiger partial charge in [0, 0.05) is 23.2 Å². The molecule has 25 heavy (non-hydrogen) atoms. The number of hydrogen-bond donors (Lipinski definition) is 1. The second-order valence-electron chi connectivity index (χ2n) is 5.99. The Morgan fingerprint density at radius 3 is 2.44 bits per heavy atom. The molecule has 2 atom stereocenters. The van der Waals surface area contributed by atoms with Crippen LogP contribution in [-0.2, 0) is 0 Å². The molecule has 1 aromatic heterocycles. The Balaban J connectivity index is 1.64. The molecular formula is C20H18N4S. The van der Waals surface area contributed by atoms with Crippen LogP contribution < -0.4 is 5.73 Å². The van der Waals surface area contributed by atoms with E-state index in [1.807, 2.05) is 18.5 Å². The number of aliphatic imine (C=N–C) groups is 1. The molecule has 0 fully saturated rings. The Kier molecular flexibility index (Phi) is 4.48. The Labute approximate surface area is 151 Å². The highest BCUT2D eigenvalue weighted by Gasteiger charge is 2.25. The molecular weight excluding hydrogens is 328 g/mol. The number of benzene rings is 2. The van der Waals surface area contributed by atoms with Crippen molar-refractivity contribution >= 4 is 16.9 Å². The molecule has 4 nitrogen and oxygen atoms in total. The summed E-state index contributed by atoms with van der Waals surface area (Å²) in [5.74, 6) is 0. The van der Waals surface area contributed by atoms with Gasteiger partial charge in [0.05, 0.1) is 6.04 Å². The first-order valence-corrected chi connectivity index (χ1v) is 9.08. The molecule has 0 saturated heterocycles. The highest BCUT2D eigenvalue weighted by Crippen LogP contribution is 2.43. The van der Waals surface area contributed by atoms with E-state index < -0.39 is 0 Å². The van der Waals surface area contributed by atoms with Crippen LogP contribution in [0.4, 0.5) is 0 Å². The van der Waals surface area contributed by atoms with E-state index in [9.17, 15) is 0 Å². The van der Waals surface area contributed by atoms with Gasteiger partial charge in [0.1, 0.15) is 6.33 Å². The van der Waals surface area contributed by atoms with Gasteiger partial charge in [-0.3, -0.25) is 4.99 Å². The minimum Gasteiger partial charge on any atom is -0.379 e. The van der Waals surface area contributed by atoms with Crippen molar-refractivity contribution in [3.05, 3.63) is 84.4 Å². The minimum absolute atomic E-state index is 0.0658. The predicted molar refractivity (Wildman–Crippen MR) is 103 cm³/mol. The van der Waals surface area contributed by atoms with Gasteiger partial charge in [0.15, 0.2) is 5.17 Å². The van der Waals surface area contributed by atoms with Crippen molar-refractivity contribution in [1.29, 1.82) is 0 Å². The van der Waals surface area contributed by atoms with Crippen molar-refractivity contribution in [2.24, 2.45) is 10.7 Å². The fourth-order valence-corrected chi connectivity index (χ4v) is 4.14. The summed E-state index contributed by atoms with van der Waals surface area (Å²) in [6.07, 6.45) is 6.13. The van der Waals surface area contributed by atoms with Crippen LogP contribution in [-0.4, -0.2) is 15.1 Å². The van der Waals surface area contributed by atoms with Crippen molar-refractivity contribution in [2.45, 2.75) is 17.7 Å². The van der Waals surface area contributed by atoms with Crippen molar-refractivity contribution in [1.82, 2.24) is 9.97 Å². The van der Waals surface area contributed by atoms with E-state index in [1.165, 1.54) is 11.1 Å². The molecule has 0 unspecified atom stereocenters. The highest BCUT2D eigenvalue weighted by molar-refractivity contribution is 8.14. The van der Waals surface area contributed by atoms with Gasteiger partial charge in [0.2, 0.25) is 0 Å².